The molecule has 0 aliphatic carbocycles. The van der Waals surface area contributed by atoms with Gasteiger partial charge in [0.1, 0.15) is 5.82 Å². The van der Waals surface area contributed by atoms with Crippen molar-refractivity contribution in [2.75, 3.05) is 24.2 Å². The maximum Gasteiger partial charge on any atom is 0.252 e. The zero-order valence-corrected chi connectivity index (χ0v) is 12.1. The van der Waals surface area contributed by atoms with Crippen LogP contribution in [0, 0.1) is 0 Å². The van der Waals surface area contributed by atoms with Crippen LogP contribution in [0.5, 0.6) is 0 Å². The van der Waals surface area contributed by atoms with Crippen LogP contribution in [0.15, 0.2) is 42.6 Å². The zero-order valence-electron chi connectivity index (χ0n) is 12.1. The molecule has 0 atom stereocenters. The van der Waals surface area contributed by atoms with Gasteiger partial charge in [-0.25, -0.2) is 4.98 Å². The number of primary amides is 1. The summed E-state index contributed by atoms with van der Waals surface area (Å²) in [5, 5.41) is 0. The molecule has 0 saturated carbocycles. The molecule has 0 unspecified atom stereocenters. The molecule has 110 valence electrons. The van der Waals surface area contributed by atoms with Gasteiger partial charge in [-0.1, -0.05) is 30.3 Å². The van der Waals surface area contributed by atoms with Gasteiger partial charge in [0.05, 0.1) is 17.4 Å². The first-order valence-electron chi connectivity index (χ1n) is 6.88. The van der Waals surface area contributed by atoms with E-state index in [-0.39, 0.29) is 0 Å². The second-order valence-electron chi connectivity index (χ2n) is 5.01. The number of rotatable bonds is 6. The van der Waals surface area contributed by atoms with Crippen molar-refractivity contribution in [2.45, 2.75) is 12.8 Å². The molecule has 2 aromatic rings. The summed E-state index contributed by atoms with van der Waals surface area (Å²) in [6.45, 7) is 0.784. The second kappa shape index (κ2) is 6.74. The number of aryl methyl sites for hydroxylation is 1. The van der Waals surface area contributed by atoms with Gasteiger partial charge in [0.15, 0.2) is 0 Å². The van der Waals surface area contributed by atoms with Crippen molar-refractivity contribution in [2.24, 2.45) is 5.73 Å². The number of hydrogen-bond acceptors (Lipinski definition) is 4. The highest BCUT2D eigenvalue weighted by molar-refractivity contribution is 5.98. The highest BCUT2D eigenvalue weighted by atomic mass is 16.1. The zero-order chi connectivity index (χ0) is 15.2. The number of anilines is 2. The molecule has 0 fully saturated rings. The predicted octanol–water partition coefficient (Wildman–Crippen LogP) is 1.83. The van der Waals surface area contributed by atoms with Crippen molar-refractivity contribution in [3.05, 3.63) is 53.7 Å². The Labute approximate surface area is 124 Å². The molecule has 0 aliphatic rings. The molecule has 0 radical (unpaired) electrons. The van der Waals surface area contributed by atoms with E-state index in [1.807, 2.05) is 30.1 Å². The molecule has 0 aliphatic heterocycles. The fourth-order valence-corrected chi connectivity index (χ4v) is 2.23. The Morgan fingerprint density at radius 3 is 2.67 bits per heavy atom. The van der Waals surface area contributed by atoms with Gasteiger partial charge >= 0.3 is 0 Å². The number of amides is 1. The summed E-state index contributed by atoms with van der Waals surface area (Å²) in [6, 6.07) is 11.9. The Hall–Kier alpha value is -2.56. The Morgan fingerprint density at radius 2 is 2.00 bits per heavy atom. The normalized spacial score (nSPS) is 10.3. The van der Waals surface area contributed by atoms with E-state index in [0.717, 1.165) is 19.4 Å². The third-order valence-electron chi connectivity index (χ3n) is 3.32. The van der Waals surface area contributed by atoms with Gasteiger partial charge in [-0.2, -0.15) is 0 Å². The first kappa shape index (κ1) is 14.8. The summed E-state index contributed by atoms with van der Waals surface area (Å²) < 4.78 is 0. The monoisotopic (exact) mass is 284 g/mol. The molecule has 1 aromatic carbocycles. The van der Waals surface area contributed by atoms with Crippen LogP contribution in [-0.4, -0.2) is 24.5 Å². The minimum absolute atomic E-state index is 0.359. The fraction of sp³-hybridized carbons (Fsp3) is 0.250. The van der Waals surface area contributed by atoms with Crippen LogP contribution in [-0.2, 0) is 6.42 Å². The van der Waals surface area contributed by atoms with Crippen LogP contribution in [0.1, 0.15) is 22.3 Å². The highest BCUT2D eigenvalue weighted by Crippen LogP contribution is 2.19. The van der Waals surface area contributed by atoms with Crippen LogP contribution < -0.4 is 16.4 Å². The van der Waals surface area contributed by atoms with E-state index in [0.29, 0.717) is 17.1 Å². The van der Waals surface area contributed by atoms with Gasteiger partial charge in [-0.15, -0.1) is 0 Å². The van der Waals surface area contributed by atoms with E-state index in [1.165, 1.54) is 11.8 Å². The van der Waals surface area contributed by atoms with Gasteiger partial charge in [0, 0.05) is 13.6 Å². The van der Waals surface area contributed by atoms with Crippen molar-refractivity contribution < 1.29 is 4.79 Å². The maximum absolute atomic E-state index is 11.5. The van der Waals surface area contributed by atoms with Crippen LogP contribution >= 0.6 is 0 Å². The number of nitrogen functional groups attached to an aromatic ring is 1. The number of nitrogens with two attached hydrogens (primary N) is 2. The molecule has 0 bridgehead atoms. The topological polar surface area (TPSA) is 85.2 Å². The summed E-state index contributed by atoms with van der Waals surface area (Å²) in [5.74, 6) is 0.0597. The number of aromatic nitrogens is 1. The second-order valence-corrected chi connectivity index (χ2v) is 5.01. The Morgan fingerprint density at radius 1 is 1.29 bits per heavy atom. The van der Waals surface area contributed by atoms with E-state index in [1.54, 1.807) is 6.07 Å². The quantitative estimate of drug-likeness (QED) is 0.847. The van der Waals surface area contributed by atoms with E-state index in [9.17, 15) is 4.79 Å². The highest BCUT2D eigenvalue weighted by Gasteiger charge is 2.13. The molecule has 2 rings (SSSR count). The lowest BCUT2D eigenvalue weighted by Gasteiger charge is -2.20. The number of nitrogens with zero attached hydrogens (tertiary/aromatic N) is 2. The molecule has 0 spiro atoms. The average Bonchev–Trinajstić information content (AvgIpc) is 2.48. The van der Waals surface area contributed by atoms with Crippen molar-refractivity contribution >= 4 is 17.4 Å². The summed E-state index contributed by atoms with van der Waals surface area (Å²) >= 11 is 0. The summed E-state index contributed by atoms with van der Waals surface area (Å²) in [4.78, 5) is 17.6. The van der Waals surface area contributed by atoms with Gasteiger partial charge in [0.2, 0.25) is 0 Å². The summed E-state index contributed by atoms with van der Waals surface area (Å²) in [5.41, 5.74) is 13.1. The lowest BCUT2D eigenvalue weighted by atomic mass is 10.1. The van der Waals surface area contributed by atoms with Gasteiger partial charge in [-0.3, -0.25) is 4.79 Å². The Bertz CT molecular complexity index is 613. The predicted molar refractivity (Wildman–Crippen MR) is 85.2 cm³/mol. The third-order valence-corrected chi connectivity index (χ3v) is 3.32. The third kappa shape index (κ3) is 3.95. The summed E-state index contributed by atoms with van der Waals surface area (Å²) in [6.07, 6.45) is 3.48. The number of carbonyl (C=O) groups is 1. The standard InChI is InChI=1S/C16H20N4O/c1-20(9-5-8-12-6-3-2-4-7-12)16-14(15(18)21)10-13(17)11-19-16/h2-4,6-7,10-11H,5,8-9,17H2,1H3,(H2,18,21). The van der Waals surface area contributed by atoms with Crippen LogP contribution in [0.2, 0.25) is 0 Å². The molecule has 1 heterocycles. The first-order chi connectivity index (χ1) is 10.1. The molecule has 21 heavy (non-hydrogen) atoms. The van der Waals surface area contributed by atoms with Crippen LogP contribution in [0.25, 0.3) is 0 Å². The smallest absolute Gasteiger partial charge is 0.252 e. The first-order valence-corrected chi connectivity index (χ1v) is 6.88. The van der Waals surface area contributed by atoms with E-state index in [2.05, 4.69) is 17.1 Å². The SMILES string of the molecule is CN(CCCc1ccccc1)c1ncc(N)cc1C(N)=O. The molecular weight excluding hydrogens is 264 g/mol. The lowest BCUT2D eigenvalue weighted by Crippen LogP contribution is -2.25. The maximum atomic E-state index is 11.5. The molecule has 0 saturated heterocycles. The van der Waals surface area contributed by atoms with Gasteiger partial charge in [0.25, 0.3) is 5.91 Å². The molecule has 4 N–H and O–H groups in total. The Balaban J connectivity index is 2.00. The van der Waals surface area contributed by atoms with Gasteiger partial charge < -0.3 is 16.4 Å². The average molecular weight is 284 g/mol. The van der Waals surface area contributed by atoms with Crippen molar-refractivity contribution in [3.8, 4) is 0 Å². The lowest BCUT2D eigenvalue weighted by molar-refractivity contribution is 0.100. The van der Waals surface area contributed by atoms with Crippen molar-refractivity contribution in [1.82, 2.24) is 4.98 Å². The molecular formula is C16H20N4O. The van der Waals surface area contributed by atoms with Crippen molar-refractivity contribution in [1.29, 1.82) is 0 Å². The number of carbonyl (C=O) groups excluding carboxylic acids is 1. The van der Waals surface area contributed by atoms with E-state index in [4.69, 9.17) is 11.5 Å². The number of benzene rings is 1. The number of hydrogen-bond donors (Lipinski definition) is 2. The number of pyridine rings is 1. The molecule has 1 amide bonds. The minimum Gasteiger partial charge on any atom is -0.397 e. The largest absolute Gasteiger partial charge is 0.397 e. The molecule has 5 nitrogen and oxygen atoms in total. The van der Waals surface area contributed by atoms with E-state index < -0.39 is 5.91 Å². The molecule has 5 heteroatoms. The van der Waals surface area contributed by atoms with E-state index >= 15 is 0 Å². The van der Waals surface area contributed by atoms with Crippen molar-refractivity contribution in [3.63, 3.8) is 0 Å². The Kier molecular flexibility index (Phi) is 4.77. The minimum atomic E-state index is -0.514. The summed E-state index contributed by atoms with van der Waals surface area (Å²) in [7, 11) is 1.90. The van der Waals surface area contributed by atoms with Crippen LogP contribution in [0.3, 0.4) is 0 Å². The molecule has 1 aromatic heterocycles. The van der Waals surface area contributed by atoms with Gasteiger partial charge in [-0.05, 0) is 24.5 Å². The fourth-order valence-electron chi connectivity index (χ4n) is 2.23. The van der Waals surface area contributed by atoms with Crippen LogP contribution in [0.4, 0.5) is 11.5 Å².